The monoisotopic (exact) mass is 282 g/mol. The summed E-state index contributed by atoms with van der Waals surface area (Å²) >= 11 is 5.68. The van der Waals surface area contributed by atoms with E-state index in [0.717, 1.165) is 25.7 Å². The van der Waals surface area contributed by atoms with Crippen molar-refractivity contribution >= 4 is 23.3 Å². The van der Waals surface area contributed by atoms with Gasteiger partial charge in [-0.15, -0.1) is 0 Å². The summed E-state index contributed by atoms with van der Waals surface area (Å²) in [4.78, 5) is 19.8. The molecule has 0 unspecified atom stereocenters. The average molecular weight is 283 g/mol. The number of rotatable bonds is 4. The summed E-state index contributed by atoms with van der Waals surface area (Å²) in [6, 6.07) is 1.62. The molecule has 0 aromatic carbocycles. The minimum absolute atomic E-state index is 0.0425. The Labute approximate surface area is 118 Å². The second-order valence-corrected chi connectivity index (χ2v) is 5.54. The highest BCUT2D eigenvalue weighted by Crippen LogP contribution is 2.38. The summed E-state index contributed by atoms with van der Waals surface area (Å²) in [5, 5.41) is 2.89. The van der Waals surface area contributed by atoms with Gasteiger partial charge < -0.3 is 11.1 Å². The number of nitrogens with one attached hydrogen (secondary N) is 1. The van der Waals surface area contributed by atoms with E-state index >= 15 is 0 Å². The Balaban J connectivity index is 1.96. The van der Waals surface area contributed by atoms with Crippen LogP contribution >= 0.6 is 11.6 Å². The molecule has 0 saturated heterocycles. The SMILES string of the molecule is NCC1(CC(=O)Nc2ccnc(Cl)n2)CCCCC1. The van der Waals surface area contributed by atoms with Crippen LogP contribution in [-0.2, 0) is 4.79 Å². The van der Waals surface area contributed by atoms with E-state index in [2.05, 4.69) is 15.3 Å². The molecule has 0 bridgehead atoms. The van der Waals surface area contributed by atoms with Gasteiger partial charge in [0.05, 0.1) is 0 Å². The molecule has 3 N–H and O–H groups in total. The van der Waals surface area contributed by atoms with Gasteiger partial charge in [-0.25, -0.2) is 9.97 Å². The smallest absolute Gasteiger partial charge is 0.226 e. The predicted molar refractivity (Wildman–Crippen MR) is 74.9 cm³/mol. The van der Waals surface area contributed by atoms with Crippen molar-refractivity contribution in [2.75, 3.05) is 11.9 Å². The van der Waals surface area contributed by atoms with Gasteiger partial charge in [0, 0.05) is 12.6 Å². The first kappa shape index (κ1) is 14.2. The van der Waals surface area contributed by atoms with Gasteiger partial charge in [-0.2, -0.15) is 0 Å². The Morgan fingerprint density at radius 2 is 2.16 bits per heavy atom. The molecule has 19 heavy (non-hydrogen) atoms. The Kier molecular flexibility index (Phi) is 4.71. The zero-order chi connectivity index (χ0) is 13.7. The van der Waals surface area contributed by atoms with Gasteiger partial charge in [-0.1, -0.05) is 19.3 Å². The van der Waals surface area contributed by atoms with Crippen LogP contribution in [0.2, 0.25) is 5.28 Å². The first-order chi connectivity index (χ1) is 9.13. The number of halogens is 1. The fourth-order valence-electron chi connectivity index (χ4n) is 2.69. The van der Waals surface area contributed by atoms with Crippen molar-refractivity contribution in [3.05, 3.63) is 17.5 Å². The van der Waals surface area contributed by atoms with E-state index in [0.29, 0.717) is 18.8 Å². The van der Waals surface area contributed by atoms with Gasteiger partial charge in [0.25, 0.3) is 0 Å². The van der Waals surface area contributed by atoms with E-state index in [1.54, 1.807) is 6.07 Å². The number of aromatic nitrogens is 2. The molecule has 0 spiro atoms. The third kappa shape index (κ3) is 3.88. The molecule has 1 saturated carbocycles. The van der Waals surface area contributed by atoms with Crippen LogP contribution in [0.25, 0.3) is 0 Å². The normalized spacial score (nSPS) is 18.0. The second-order valence-electron chi connectivity index (χ2n) is 5.20. The number of hydrogen-bond acceptors (Lipinski definition) is 4. The maximum absolute atomic E-state index is 12.1. The molecule has 1 amide bonds. The zero-order valence-corrected chi connectivity index (χ0v) is 11.6. The third-order valence-electron chi connectivity index (χ3n) is 3.78. The summed E-state index contributed by atoms with van der Waals surface area (Å²) in [6.07, 6.45) is 7.58. The average Bonchev–Trinajstić information content (AvgIpc) is 2.39. The van der Waals surface area contributed by atoms with Crippen LogP contribution in [-0.4, -0.2) is 22.4 Å². The Morgan fingerprint density at radius 3 is 2.79 bits per heavy atom. The first-order valence-electron chi connectivity index (χ1n) is 6.62. The van der Waals surface area contributed by atoms with E-state index in [1.807, 2.05) is 0 Å². The molecule has 6 heteroatoms. The van der Waals surface area contributed by atoms with Crippen LogP contribution in [0.15, 0.2) is 12.3 Å². The molecule has 0 radical (unpaired) electrons. The lowest BCUT2D eigenvalue weighted by Gasteiger charge is -2.35. The fourth-order valence-corrected chi connectivity index (χ4v) is 2.83. The quantitative estimate of drug-likeness (QED) is 0.831. The molecule has 1 aromatic rings. The van der Waals surface area contributed by atoms with Crippen molar-refractivity contribution in [3.63, 3.8) is 0 Å². The summed E-state index contributed by atoms with van der Waals surface area (Å²) in [7, 11) is 0. The van der Waals surface area contributed by atoms with E-state index in [1.165, 1.54) is 12.6 Å². The summed E-state index contributed by atoms with van der Waals surface area (Å²) in [5.41, 5.74) is 5.83. The molecular weight excluding hydrogens is 264 g/mol. The third-order valence-corrected chi connectivity index (χ3v) is 3.96. The van der Waals surface area contributed by atoms with Gasteiger partial charge in [-0.3, -0.25) is 4.79 Å². The molecule has 0 atom stereocenters. The number of nitrogens with two attached hydrogens (primary N) is 1. The van der Waals surface area contributed by atoms with Crippen molar-refractivity contribution in [3.8, 4) is 0 Å². The molecule has 2 rings (SSSR count). The number of anilines is 1. The number of carbonyl (C=O) groups is 1. The van der Waals surface area contributed by atoms with Crippen molar-refractivity contribution < 1.29 is 4.79 Å². The number of amides is 1. The number of nitrogens with zero attached hydrogens (tertiary/aromatic N) is 2. The van der Waals surface area contributed by atoms with E-state index < -0.39 is 0 Å². The number of hydrogen-bond donors (Lipinski definition) is 2. The second kappa shape index (κ2) is 6.30. The van der Waals surface area contributed by atoms with Crippen LogP contribution in [0.1, 0.15) is 38.5 Å². The van der Waals surface area contributed by atoms with Gasteiger partial charge in [0.15, 0.2) is 0 Å². The Bertz CT molecular complexity index is 446. The highest BCUT2D eigenvalue weighted by Gasteiger charge is 2.33. The van der Waals surface area contributed by atoms with Crippen molar-refractivity contribution in [2.24, 2.45) is 11.1 Å². The summed E-state index contributed by atoms with van der Waals surface area (Å²) in [6.45, 7) is 0.560. The molecule has 0 aliphatic heterocycles. The topological polar surface area (TPSA) is 80.9 Å². The molecule has 1 fully saturated rings. The lowest BCUT2D eigenvalue weighted by Crippen LogP contribution is -2.36. The van der Waals surface area contributed by atoms with E-state index in [-0.39, 0.29) is 16.6 Å². The molecule has 104 valence electrons. The lowest BCUT2D eigenvalue weighted by atomic mass is 9.71. The highest BCUT2D eigenvalue weighted by molar-refractivity contribution is 6.28. The Hall–Kier alpha value is -1.20. The molecule has 1 aliphatic rings. The van der Waals surface area contributed by atoms with E-state index in [4.69, 9.17) is 17.3 Å². The van der Waals surface area contributed by atoms with Gasteiger partial charge in [0.2, 0.25) is 11.2 Å². The summed E-state index contributed by atoms with van der Waals surface area (Å²) < 4.78 is 0. The predicted octanol–water partition coefficient (Wildman–Crippen LogP) is 2.37. The van der Waals surface area contributed by atoms with Crippen LogP contribution in [0.5, 0.6) is 0 Å². The minimum Gasteiger partial charge on any atom is -0.330 e. The van der Waals surface area contributed by atoms with Crippen molar-refractivity contribution in [1.29, 1.82) is 0 Å². The molecule has 1 heterocycles. The lowest BCUT2D eigenvalue weighted by molar-refractivity contribution is -0.118. The fraction of sp³-hybridized carbons (Fsp3) is 0.615. The minimum atomic E-state index is -0.0536. The van der Waals surface area contributed by atoms with Crippen molar-refractivity contribution in [2.45, 2.75) is 38.5 Å². The standard InChI is InChI=1S/C13H19ClN4O/c14-12-16-7-4-10(18-12)17-11(19)8-13(9-15)5-2-1-3-6-13/h4,7H,1-3,5-6,8-9,15H2,(H,16,17,18,19). The Morgan fingerprint density at radius 1 is 1.42 bits per heavy atom. The zero-order valence-electron chi connectivity index (χ0n) is 10.9. The maximum atomic E-state index is 12.1. The largest absolute Gasteiger partial charge is 0.330 e. The summed E-state index contributed by atoms with van der Waals surface area (Å²) in [5.74, 6) is 0.384. The van der Waals surface area contributed by atoms with Gasteiger partial charge in [-0.05, 0) is 42.5 Å². The van der Waals surface area contributed by atoms with Crippen LogP contribution in [0.4, 0.5) is 5.82 Å². The maximum Gasteiger partial charge on any atom is 0.226 e. The molecule has 1 aromatic heterocycles. The molecule has 5 nitrogen and oxygen atoms in total. The molecular formula is C13H19ClN4O. The van der Waals surface area contributed by atoms with Crippen LogP contribution in [0, 0.1) is 5.41 Å². The van der Waals surface area contributed by atoms with Crippen LogP contribution in [0.3, 0.4) is 0 Å². The van der Waals surface area contributed by atoms with Crippen molar-refractivity contribution in [1.82, 2.24) is 9.97 Å². The van der Waals surface area contributed by atoms with Gasteiger partial charge in [0.1, 0.15) is 5.82 Å². The van der Waals surface area contributed by atoms with E-state index in [9.17, 15) is 4.79 Å². The molecule has 1 aliphatic carbocycles. The highest BCUT2D eigenvalue weighted by atomic mass is 35.5. The van der Waals surface area contributed by atoms with Gasteiger partial charge >= 0.3 is 0 Å². The van der Waals surface area contributed by atoms with Crippen LogP contribution < -0.4 is 11.1 Å². The number of carbonyl (C=O) groups excluding carboxylic acids is 1. The first-order valence-corrected chi connectivity index (χ1v) is 7.00.